The Kier molecular flexibility index (Phi) is 4.45. The first-order valence-electron chi connectivity index (χ1n) is 7.19. The van der Waals surface area contributed by atoms with Crippen molar-refractivity contribution >= 4 is 11.9 Å². The third-order valence-corrected chi connectivity index (χ3v) is 4.33. The maximum Gasteiger partial charge on any atom is 0.306 e. The van der Waals surface area contributed by atoms with E-state index in [1.54, 1.807) is 0 Å². The minimum absolute atomic E-state index is 0.0970. The average molecular weight is 269 g/mol. The van der Waals surface area contributed by atoms with E-state index in [4.69, 9.17) is 9.84 Å². The second kappa shape index (κ2) is 5.90. The summed E-state index contributed by atoms with van der Waals surface area (Å²) in [6.07, 6.45) is 4.69. The highest BCUT2D eigenvalue weighted by Crippen LogP contribution is 2.46. The number of carboxylic acid groups (broad SMARTS) is 1. The zero-order valence-electron chi connectivity index (χ0n) is 11.5. The van der Waals surface area contributed by atoms with Crippen LogP contribution >= 0.6 is 0 Å². The molecule has 2 rings (SSSR count). The first-order valence-corrected chi connectivity index (χ1v) is 7.19. The number of carbonyl (C=O) groups excluding carboxylic acids is 1. The molecule has 0 heterocycles. The minimum Gasteiger partial charge on any atom is -0.481 e. The van der Waals surface area contributed by atoms with Crippen molar-refractivity contribution in [3.63, 3.8) is 0 Å². The lowest BCUT2D eigenvalue weighted by Crippen LogP contribution is -2.43. The first-order chi connectivity index (χ1) is 9.07. The predicted octanol–water partition coefficient (Wildman–Crippen LogP) is 1.56. The lowest BCUT2D eigenvalue weighted by atomic mass is 9.86. The standard InChI is InChI=1S/C14H23NO4/c1-2-19-9-14(7-8-14)13(18)15-11-5-3-10(4-6-11)12(16)17/h10-11H,2-9H2,1H3,(H,15,18)(H,16,17). The molecule has 2 aliphatic rings. The van der Waals surface area contributed by atoms with E-state index in [1.807, 2.05) is 6.92 Å². The monoisotopic (exact) mass is 269 g/mol. The fraction of sp³-hybridized carbons (Fsp3) is 0.857. The maximum atomic E-state index is 12.2. The van der Waals surface area contributed by atoms with Gasteiger partial charge in [-0.05, 0) is 45.4 Å². The van der Waals surface area contributed by atoms with Gasteiger partial charge in [-0.3, -0.25) is 9.59 Å². The SMILES string of the molecule is CCOCC1(C(=O)NC2CCC(C(=O)O)CC2)CC1. The summed E-state index contributed by atoms with van der Waals surface area (Å²) >= 11 is 0. The van der Waals surface area contributed by atoms with Crippen molar-refractivity contribution in [1.82, 2.24) is 5.32 Å². The topological polar surface area (TPSA) is 75.6 Å². The summed E-state index contributed by atoms with van der Waals surface area (Å²) in [6.45, 7) is 3.08. The van der Waals surface area contributed by atoms with Crippen LogP contribution in [0.15, 0.2) is 0 Å². The molecule has 0 spiro atoms. The van der Waals surface area contributed by atoms with E-state index >= 15 is 0 Å². The highest BCUT2D eigenvalue weighted by atomic mass is 16.5. The molecule has 2 fully saturated rings. The van der Waals surface area contributed by atoms with Crippen LogP contribution in [0, 0.1) is 11.3 Å². The number of ether oxygens (including phenoxy) is 1. The number of carbonyl (C=O) groups is 2. The van der Waals surface area contributed by atoms with Gasteiger partial charge in [0, 0.05) is 12.6 Å². The second-order valence-electron chi connectivity index (χ2n) is 5.78. The predicted molar refractivity (Wildman–Crippen MR) is 69.7 cm³/mol. The summed E-state index contributed by atoms with van der Waals surface area (Å²) in [5, 5.41) is 12.0. The Morgan fingerprint density at radius 3 is 2.37 bits per heavy atom. The van der Waals surface area contributed by atoms with E-state index in [-0.39, 0.29) is 23.3 Å². The van der Waals surface area contributed by atoms with Gasteiger partial charge in [-0.15, -0.1) is 0 Å². The Labute approximate surface area is 113 Å². The summed E-state index contributed by atoms with van der Waals surface area (Å²) in [7, 11) is 0. The van der Waals surface area contributed by atoms with Gasteiger partial charge >= 0.3 is 5.97 Å². The summed E-state index contributed by atoms with van der Waals surface area (Å²) in [5.74, 6) is -0.842. The fourth-order valence-corrected chi connectivity index (χ4v) is 2.71. The van der Waals surface area contributed by atoms with Crippen molar-refractivity contribution in [2.75, 3.05) is 13.2 Å². The van der Waals surface area contributed by atoms with Crippen molar-refractivity contribution in [1.29, 1.82) is 0 Å². The normalized spacial score (nSPS) is 28.7. The van der Waals surface area contributed by atoms with E-state index in [0.29, 0.717) is 26.1 Å². The second-order valence-corrected chi connectivity index (χ2v) is 5.78. The number of aliphatic carboxylic acids is 1. The lowest BCUT2D eigenvalue weighted by molar-refractivity contribution is -0.142. The molecule has 2 N–H and O–H groups in total. The summed E-state index contributed by atoms with van der Waals surface area (Å²) in [4.78, 5) is 23.1. The van der Waals surface area contributed by atoms with Gasteiger partial charge in [-0.25, -0.2) is 0 Å². The molecule has 0 aliphatic heterocycles. The van der Waals surface area contributed by atoms with Gasteiger partial charge in [0.2, 0.25) is 5.91 Å². The molecule has 2 aliphatic carbocycles. The zero-order chi connectivity index (χ0) is 13.9. The molecule has 0 atom stereocenters. The number of rotatable bonds is 6. The largest absolute Gasteiger partial charge is 0.481 e. The van der Waals surface area contributed by atoms with Crippen molar-refractivity contribution in [2.24, 2.45) is 11.3 Å². The van der Waals surface area contributed by atoms with E-state index in [1.165, 1.54) is 0 Å². The molecule has 0 unspecified atom stereocenters. The van der Waals surface area contributed by atoms with Crippen LogP contribution in [0.1, 0.15) is 45.4 Å². The van der Waals surface area contributed by atoms with Crippen LogP contribution in [0.5, 0.6) is 0 Å². The molecule has 0 saturated heterocycles. The van der Waals surface area contributed by atoms with Crippen LogP contribution < -0.4 is 5.32 Å². The molecular weight excluding hydrogens is 246 g/mol. The summed E-state index contributed by atoms with van der Waals surface area (Å²) in [5.41, 5.74) is -0.292. The van der Waals surface area contributed by atoms with Gasteiger partial charge in [0.15, 0.2) is 0 Å². The third kappa shape index (κ3) is 3.47. The Hall–Kier alpha value is -1.10. The van der Waals surface area contributed by atoms with Gasteiger partial charge in [0.05, 0.1) is 17.9 Å². The third-order valence-electron chi connectivity index (χ3n) is 4.33. The average Bonchev–Trinajstić information content (AvgIpc) is 3.18. The van der Waals surface area contributed by atoms with Gasteiger partial charge < -0.3 is 15.2 Å². The van der Waals surface area contributed by atoms with E-state index in [0.717, 1.165) is 25.7 Å². The van der Waals surface area contributed by atoms with Gasteiger partial charge in [0.1, 0.15) is 0 Å². The summed E-state index contributed by atoms with van der Waals surface area (Å²) in [6, 6.07) is 0.141. The Morgan fingerprint density at radius 1 is 1.26 bits per heavy atom. The number of carboxylic acids is 1. The van der Waals surface area contributed by atoms with Crippen molar-refractivity contribution in [3.05, 3.63) is 0 Å². The maximum absolute atomic E-state index is 12.2. The molecule has 108 valence electrons. The van der Waals surface area contributed by atoms with Crippen LogP contribution in [0.4, 0.5) is 0 Å². The molecule has 0 aromatic carbocycles. The zero-order valence-corrected chi connectivity index (χ0v) is 11.5. The number of hydrogen-bond donors (Lipinski definition) is 2. The van der Waals surface area contributed by atoms with Crippen molar-refractivity contribution in [3.8, 4) is 0 Å². The molecule has 5 heteroatoms. The van der Waals surface area contributed by atoms with E-state index < -0.39 is 5.97 Å². The van der Waals surface area contributed by atoms with Crippen molar-refractivity contribution in [2.45, 2.75) is 51.5 Å². The van der Waals surface area contributed by atoms with Gasteiger partial charge in [-0.2, -0.15) is 0 Å². The number of hydrogen-bond acceptors (Lipinski definition) is 3. The number of nitrogens with one attached hydrogen (secondary N) is 1. The minimum atomic E-state index is -0.709. The lowest BCUT2D eigenvalue weighted by Gasteiger charge is -2.28. The quantitative estimate of drug-likeness (QED) is 0.767. The molecular formula is C14H23NO4. The molecule has 0 aromatic heterocycles. The van der Waals surface area contributed by atoms with Crippen LogP contribution in [0.25, 0.3) is 0 Å². The smallest absolute Gasteiger partial charge is 0.306 e. The fourth-order valence-electron chi connectivity index (χ4n) is 2.71. The van der Waals surface area contributed by atoms with Crippen molar-refractivity contribution < 1.29 is 19.4 Å². The number of amides is 1. The first kappa shape index (κ1) is 14.3. The Balaban J connectivity index is 1.76. The molecule has 5 nitrogen and oxygen atoms in total. The Morgan fingerprint density at radius 2 is 1.89 bits per heavy atom. The van der Waals surface area contributed by atoms with Gasteiger partial charge in [-0.1, -0.05) is 0 Å². The van der Waals surface area contributed by atoms with Gasteiger partial charge in [0.25, 0.3) is 0 Å². The van der Waals surface area contributed by atoms with E-state index in [2.05, 4.69) is 5.32 Å². The molecule has 0 radical (unpaired) electrons. The summed E-state index contributed by atoms with van der Waals surface area (Å²) < 4.78 is 5.38. The van der Waals surface area contributed by atoms with E-state index in [9.17, 15) is 9.59 Å². The molecule has 0 bridgehead atoms. The van der Waals surface area contributed by atoms with Crippen LogP contribution in [-0.2, 0) is 14.3 Å². The molecule has 2 saturated carbocycles. The highest BCUT2D eigenvalue weighted by molar-refractivity contribution is 5.85. The molecule has 19 heavy (non-hydrogen) atoms. The van der Waals surface area contributed by atoms with Crippen LogP contribution in [0.2, 0.25) is 0 Å². The van der Waals surface area contributed by atoms with Crippen LogP contribution in [0.3, 0.4) is 0 Å². The Bertz CT molecular complexity index is 343. The highest BCUT2D eigenvalue weighted by Gasteiger charge is 2.50. The molecule has 0 aromatic rings. The van der Waals surface area contributed by atoms with Crippen LogP contribution in [-0.4, -0.2) is 36.2 Å². The molecule has 1 amide bonds.